The standard InChI is InChI=1S/C12H8BrClN2O3/c1-7-2-3-11(9(13)4-7)19-12-10(16(17)18)5-8(14)6-15-12/h2-6H,1H3. The third-order valence-electron chi connectivity index (χ3n) is 2.29. The molecule has 0 aliphatic heterocycles. The fraction of sp³-hybridized carbons (Fsp3) is 0.0833. The largest absolute Gasteiger partial charge is 0.432 e. The summed E-state index contributed by atoms with van der Waals surface area (Å²) in [7, 11) is 0. The van der Waals surface area contributed by atoms with E-state index in [4.69, 9.17) is 16.3 Å². The molecule has 7 heteroatoms. The van der Waals surface area contributed by atoms with Gasteiger partial charge in [0.1, 0.15) is 5.75 Å². The lowest BCUT2D eigenvalue weighted by Crippen LogP contribution is -1.96. The summed E-state index contributed by atoms with van der Waals surface area (Å²) in [4.78, 5) is 14.2. The molecular formula is C12H8BrClN2O3. The highest BCUT2D eigenvalue weighted by atomic mass is 79.9. The van der Waals surface area contributed by atoms with Crippen molar-refractivity contribution >= 4 is 33.2 Å². The lowest BCUT2D eigenvalue weighted by Gasteiger charge is -2.07. The molecule has 98 valence electrons. The van der Waals surface area contributed by atoms with Crippen LogP contribution in [0.15, 0.2) is 34.9 Å². The topological polar surface area (TPSA) is 65.3 Å². The van der Waals surface area contributed by atoms with Crippen molar-refractivity contribution in [2.45, 2.75) is 6.92 Å². The molecule has 2 aromatic rings. The molecule has 1 aromatic carbocycles. The van der Waals surface area contributed by atoms with Gasteiger partial charge in [0.05, 0.1) is 20.6 Å². The van der Waals surface area contributed by atoms with Crippen LogP contribution in [0, 0.1) is 17.0 Å². The van der Waals surface area contributed by atoms with Gasteiger partial charge in [-0.25, -0.2) is 4.98 Å². The minimum atomic E-state index is -0.587. The van der Waals surface area contributed by atoms with E-state index in [2.05, 4.69) is 20.9 Å². The quantitative estimate of drug-likeness (QED) is 0.607. The minimum absolute atomic E-state index is 0.0982. The Morgan fingerprint density at radius 3 is 2.79 bits per heavy atom. The minimum Gasteiger partial charge on any atom is -0.432 e. The van der Waals surface area contributed by atoms with Crippen LogP contribution in [0.5, 0.6) is 11.6 Å². The average Bonchev–Trinajstić information content (AvgIpc) is 2.34. The van der Waals surface area contributed by atoms with E-state index in [0.29, 0.717) is 10.2 Å². The van der Waals surface area contributed by atoms with Crippen molar-refractivity contribution in [1.82, 2.24) is 4.98 Å². The van der Waals surface area contributed by atoms with Crippen LogP contribution >= 0.6 is 27.5 Å². The molecule has 0 saturated heterocycles. The molecule has 0 bridgehead atoms. The maximum Gasteiger partial charge on any atom is 0.332 e. The Bertz CT molecular complexity index is 649. The van der Waals surface area contributed by atoms with E-state index in [-0.39, 0.29) is 16.6 Å². The van der Waals surface area contributed by atoms with E-state index in [0.717, 1.165) is 5.56 Å². The monoisotopic (exact) mass is 342 g/mol. The smallest absolute Gasteiger partial charge is 0.332 e. The van der Waals surface area contributed by atoms with Crippen LogP contribution in [0.4, 0.5) is 5.69 Å². The number of pyridine rings is 1. The molecule has 0 atom stereocenters. The fourth-order valence-electron chi connectivity index (χ4n) is 1.42. The zero-order chi connectivity index (χ0) is 14.0. The van der Waals surface area contributed by atoms with E-state index in [1.54, 1.807) is 6.07 Å². The van der Waals surface area contributed by atoms with Crippen LogP contribution in [-0.2, 0) is 0 Å². The van der Waals surface area contributed by atoms with Gasteiger partial charge in [0.25, 0.3) is 5.88 Å². The molecule has 19 heavy (non-hydrogen) atoms. The van der Waals surface area contributed by atoms with Crippen molar-refractivity contribution in [3.8, 4) is 11.6 Å². The second-order valence-corrected chi connectivity index (χ2v) is 5.06. The molecule has 0 amide bonds. The van der Waals surface area contributed by atoms with Crippen LogP contribution in [0.1, 0.15) is 5.56 Å². The van der Waals surface area contributed by atoms with Crippen molar-refractivity contribution in [2.75, 3.05) is 0 Å². The molecule has 1 heterocycles. The normalized spacial score (nSPS) is 10.3. The number of aryl methyl sites for hydroxylation is 1. The first-order chi connectivity index (χ1) is 8.97. The summed E-state index contributed by atoms with van der Waals surface area (Å²) in [5.74, 6) is 0.350. The van der Waals surface area contributed by atoms with Gasteiger partial charge in [0, 0.05) is 6.07 Å². The predicted octanol–water partition coefficient (Wildman–Crippen LogP) is 4.51. The number of nitro groups is 1. The summed E-state index contributed by atoms with van der Waals surface area (Å²) in [6.07, 6.45) is 1.30. The summed E-state index contributed by atoms with van der Waals surface area (Å²) in [6, 6.07) is 6.59. The Morgan fingerprint density at radius 1 is 1.42 bits per heavy atom. The van der Waals surface area contributed by atoms with Crippen molar-refractivity contribution < 1.29 is 9.66 Å². The SMILES string of the molecule is Cc1ccc(Oc2ncc(Cl)cc2[N+](=O)[O-])c(Br)c1. The highest BCUT2D eigenvalue weighted by Crippen LogP contribution is 2.34. The van der Waals surface area contributed by atoms with Gasteiger partial charge in [0.2, 0.25) is 0 Å². The molecule has 0 N–H and O–H groups in total. The first kappa shape index (κ1) is 13.8. The molecular weight excluding hydrogens is 335 g/mol. The zero-order valence-corrected chi connectivity index (χ0v) is 12.1. The van der Waals surface area contributed by atoms with E-state index in [1.165, 1.54) is 12.3 Å². The number of nitrogens with zero attached hydrogens (tertiary/aromatic N) is 2. The van der Waals surface area contributed by atoms with Crippen LogP contribution in [0.25, 0.3) is 0 Å². The Labute approximate surface area is 122 Å². The highest BCUT2D eigenvalue weighted by molar-refractivity contribution is 9.10. The summed E-state index contributed by atoms with van der Waals surface area (Å²) >= 11 is 9.02. The maximum absolute atomic E-state index is 10.9. The lowest BCUT2D eigenvalue weighted by molar-refractivity contribution is -0.386. The number of rotatable bonds is 3. The molecule has 0 aliphatic carbocycles. The van der Waals surface area contributed by atoms with Crippen molar-refractivity contribution in [2.24, 2.45) is 0 Å². The molecule has 0 unspecified atom stereocenters. The number of hydrogen-bond donors (Lipinski definition) is 0. The fourth-order valence-corrected chi connectivity index (χ4v) is 2.14. The summed E-state index contributed by atoms with van der Waals surface area (Å²) < 4.78 is 6.15. The molecule has 0 fully saturated rings. The maximum atomic E-state index is 10.9. The number of benzene rings is 1. The van der Waals surface area contributed by atoms with Crippen molar-refractivity contribution in [1.29, 1.82) is 0 Å². The van der Waals surface area contributed by atoms with Gasteiger partial charge in [-0.15, -0.1) is 0 Å². The molecule has 0 aliphatic rings. The Hall–Kier alpha value is -1.66. The van der Waals surface area contributed by atoms with Gasteiger partial charge < -0.3 is 4.74 Å². The van der Waals surface area contributed by atoms with Crippen LogP contribution < -0.4 is 4.74 Å². The van der Waals surface area contributed by atoms with E-state index in [9.17, 15) is 10.1 Å². The first-order valence-corrected chi connectivity index (χ1v) is 6.38. The van der Waals surface area contributed by atoms with Crippen molar-refractivity contribution in [3.63, 3.8) is 0 Å². The van der Waals surface area contributed by atoms with Gasteiger partial charge in [0.15, 0.2) is 0 Å². The molecule has 0 radical (unpaired) electrons. The first-order valence-electron chi connectivity index (χ1n) is 5.21. The second-order valence-electron chi connectivity index (χ2n) is 3.77. The van der Waals surface area contributed by atoms with Crippen molar-refractivity contribution in [3.05, 3.63) is 55.6 Å². The molecule has 0 spiro atoms. The Balaban J connectivity index is 2.40. The Kier molecular flexibility index (Phi) is 4.01. The van der Waals surface area contributed by atoms with Gasteiger partial charge in [-0.05, 0) is 40.5 Å². The van der Waals surface area contributed by atoms with Gasteiger partial charge in [-0.3, -0.25) is 10.1 Å². The number of hydrogen-bond acceptors (Lipinski definition) is 4. The molecule has 0 saturated carbocycles. The summed E-state index contributed by atoms with van der Waals surface area (Å²) in [5.41, 5.74) is 0.762. The third kappa shape index (κ3) is 3.21. The number of ether oxygens (including phenoxy) is 1. The lowest BCUT2D eigenvalue weighted by atomic mass is 10.2. The number of aromatic nitrogens is 1. The van der Waals surface area contributed by atoms with Gasteiger partial charge in [-0.2, -0.15) is 0 Å². The van der Waals surface area contributed by atoms with Crippen LogP contribution in [0.2, 0.25) is 5.02 Å². The highest BCUT2D eigenvalue weighted by Gasteiger charge is 2.19. The number of halogens is 2. The average molecular weight is 344 g/mol. The van der Waals surface area contributed by atoms with E-state index in [1.807, 2.05) is 19.1 Å². The van der Waals surface area contributed by atoms with Gasteiger partial charge in [-0.1, -0.05) is 17.7 Å². The molecule has 2 rings (SSSR count). The predicted molar refractivity (Wildman–Crippen MR) is 74.9 cm³/mol. The third-order valence-corrected chi connectivity index (χ3v) is 3.12. The van der Waals surface area contributed by atoms with E-state index >= 15 is 0 Å². The van der Waals surface area contributed by atoms with Crippen LogP contribution in [-0.4, -0.2) is 9.91 Å². The molecule has 5 nitrogen and oxygen atoms in total. The second kappa shape index (κ2) is 5.54. The van der Waals surface area contributed by atoms with E-state index < -0.39 is 4.92 Å². The molecule has 1 aromatic heterocycles. The zero-order valence-electron chi connectivity index (χ0n) is 9.76. The summed E-state index contributed by atoms with van der Waals surface area (Å²) in [5, 5.41) is 11.1. The Morgan fingerprint density at radius 2 is 2.16 bits per heavy atom. The summed E-state index contributed by atoms with van der Waals surface area (Å²) in [6.45, 7) is 1.93. The van der Waals surface area contributed by atoms with Crippen LogP contribution in [0.3, 0.4) is 0 Å². The van der Waals surface area contributed by atoms with Gasteiger partial charge >= 0.3 is 5.69 Å².